The van der Waals surface area contributed by atoms with Gasteiger partial charge in [-0.1, -0.05) is 33.3 Å². The van der Waals surface area contributed by atoms with Crippen molar-refractivity contribution in [1.29, 1.82) is 0 Å². The molecule has 0 aromatic heterocycles. The first-order chi connectivity index (χ1) is 10.9. The predicted molar refractivity (Wildman–Crippen MR) is 89.8 cm³/mol. The lowest BCUT2D eigenvalue weighted by Crippen LogP contribution is -2.48. The number of esters is 1. The molecule has 3 nitrogen and oxygen atoms in total. The topological polar surface area (TPSA) is 43.4 Å². The summed E-state index contributed by atoms with van der Waals surface area (Å²) in [4.78, 5) is 22.9. The Labute approximate surface area is 139 Å². The zero-order chi connectivity index (χ0) is 16.7. The van der Waals surface area contributed by atoms with E-state index in [-0.39, 0.29) is 11.4 Å². The molecule has 1 saturated carbocycles. The standard InChI is InChI=1S/C20H28O3/c1-19(2)9-4-10-20(3)16(15(12-21)6-8-17(19)20)7-5-14-11-18(22)23-13-14/h6,11-12,16-17H,4-5,7-10,13H2,1-3H3. The molecule has 0 spiro atoms. The number of aldehydes is 1. The number of fused-ring (bicyclic) bond motifs is 1. The summed E-state index contributed by atoms with van der Waals surface area (Å²) < 4.78 is 5.01. The van der Waals surface area contributed by atoms with Crippen molar-refractivity contribution in [3.63, 3.8) is 0 Å². The van der Waals surface area contributed by atoms with Crippen molar-refractivity contribution < 1.29 is 14.3 Å². The summed E-state index contributed by atoms with van der Waals surface area (Å²) in [5, 5.41) is 0. The van der Waals surface area contributed by atoms with Crippen LogP contribution in [0.3, 0.4) is 0 Å². The Balaban J connectivity index is 1.84. The summed E-state index contributed by atoms with van der Waals surface area (Å²) in [6.07, 6.45) is 11.4. The minimum Gasteiger partial charge on any atom is -0.458 e. The predicted octanol–water partition coefficient (Wildman–Crippen LogP) is 4.23. The van der Waals surface area contributed by atoms with E-state index in [0.29, 0.717) is 23.9 Å². The first-order valence-corrected chi connectivity index (χ1v) is 8.88. The summed E-state index contributed by atoms with van der Waals surface area (Å²) in [6, 6.07) is 0. The Bertz CT molecular complexity index is 569. The van der Waals surface area contributed by atoms with Crippen LogP contribution in [0.5, 0.6) is 0 Å². The lowest BCUT2D eigenvalue weighted by molar-refractivity contribution is -0.134. The molecule has 0 radical (unpaired) electrons. The summed E-state index contributed by atoms with van der Waals surface area (Å²) in [5.41, 5.74) is 2.58. The summed E-state index contributed by atoms with van der Waals surface area (Å²) >= 11 is 0. The van der Waals surface area contributed by atoms with Crippen molar-refractivity contribution in [3.8, 4) is 0 Å². The minimum absolute atomic E-state index is 0.191. The lowest BCUT2D eigenvalue weighted by atomic mass is 9.48. The van der Waals surface area contributed by atoms with Crippen LogP contribution in [0, 0.1) is 22.7 Å². The molecule has 2 aliphatic carbocycles. The highest BCUT2D eigenvalue weighted by Crippen LogP contribution is 2.60. The van der Waals surface area contributed by atoms with Crippen molar-refractivity contribution in [1.82, 2.24) is 0 Å². The maximum absolute atomic E-state index is 11.6. The Morgan fingerprint density at radius 2 is 2.09 bits per heavy atom. The van der Waals surface area contributed by atoms with Gasteiger partial charge >= 0.3 is 5.97 Å². The second-order valence-electron chi connectivity index (χ2n) is 8.46. The maximum Gasteiger partial charge on any atom is 0.331 e. The third-order valence-electron chi connectivity index (χ3n) is 6.68. The molecule has 3 aliphatic rings. The lowest BCUT2D eigenvalue weighted by Gasteiger charge is -2.56. The molecular weight excluding hydrogens is 288 g/mol. The number of hydrogen-bond acceptors (Lipinski definition) is 3. The highest BCUT2D eigenvalue weighted by atomic mass is 16.5. The average Bonchev–Trinajstić information content (AvgIpc) is 2.89. The number of cyclic esters (lactones) is 1. The van der Waals surface area contributed by atoms with Gasteiger partial charge in [0.1, 0.15) is 12.9 Å². The van der Waals surface area contributed by atoms with Gasteiger partial charge in [0.25, 0.3) is 0 Å². The fourth-order valence-corrected chi connectivity index (χ4v) is 5.46. The van der Waals surface area contributed by atoms with Crippen LogP contribution >= 0.6 is 0 Å². The molecule has 3 atom stereocenters. The minimum atomic E-state index is -0.224. The molecule has 0 amide bonds. The largest absolute Gasteiger partial charge is 0.458 e. The van der Waals surface area contributed by atoms with E-state index in [4.69, 9.17) is 4.74 Å². The molecule has 3 heteroatoms. The number of hydrogen-bond donors (Lipinski definition) is 0. The normalized spacial score (nSPS) is 35.9. The van der Waals surface area contributed by atoms with Crippen molar-refractivity contribution >= 4 is 12.3 Å². The fourth-order valence-electron chi connectivity index (χ4n) is 5.46. The first-order valence-electron chi connectivity index (χ1n) is 8.88. The number of rotatable bonds is 4. The smallest absolute Gasteiger partial charge is 0.331 e. The number of ether oxygens (including phenoxy) is 1. The number of allylic oxidation sites excluding steroid dienone is 2. The van der Waals surface area contributed by atoms with E-state index in [0.717, 1.165) is 36.7 Å². The Hall–Kier alpha value is -1.38. The highest BCUT2D eigenvalue weighted by molar-refractivity contribution is 5.85. The molecule has 0 aromatic rings. The van der Waals surface area contributed by atoms with E-state index in [1.165, 1.54) is 19.3 Å². The van der Waals surface area contributed by atoms with Crippen molar-refractivity contribution in [3.05, 3.63) is 23.3 Å². The van der Waals surface area contributed by atoms with Gasteiger partial charge in [0.2, 0.25) is 0 Å². The summed E-state index contributed by atoms with van der Waals surface area (Å²) in [7, 11) is 0. The van der Waals surface area contributed by atoms with Gasteiger partial charge in [-0.2, -0.15) is 0 Å². The van der Waals surface area contributed by atoms with Gasteiger partial charge in [-0.05, 0) is 65.9 Å². The van der Waals surface area contributed by atoms with Crippen LogP contribution in [-0.2, 0) is 14.3 Å². The summed E-state index contributed by atoms with van der Waals surface area (Å²) in [6.45, 7) is 7.59. The van der Waals surface area contributed by atoms with E-state index in [9.17, 15) is 9.59 Å². The van der Waals surface area contributed by atoms with E-state index in [1.54, 1.807) is 6.08 Å². The van der Waals surface area contributed by atoms with Crippen LogP contribution in [0.1, 0.15) is 59.3 Å². The third-order valence-corrected chi connectivity index (χ3v) is 6.68. The van der Waals surface area contributed by atoms with E-state index in [2.05, 4.69) is 26.8 Å². The van der Waals surface area contributed by atoms with Crippen molar-refractivity contribution in [2.24, 2.45) is 22.7 Å². The van der Waals surface area contributed by atoms with Gasteiger partial charge in [0.15, 0.2) is 0 Å². The molecule has 0 bridgehead atoms. The van der Waals surface area contributed by atoms with Gasteiger partial charge in [0.05, 0.1) is 0 Å². The van der Waals surface area contributed by atoms with Gasteiger partial charge in [-0.15, -0.1) is 0 Å². The van der Waals surface area contributed by atoms with Crippen molar-refractivity contribution in [2.45, 2.75) is 59.3 Å². The van der Waals surface area contributed by atoms with Crippen LogP contribution in [0.2, 0.25) is 0 Å². The van der Waals surface area contributed by atoms with Crippen LogP contribution in [0.25, 0.3) is 0 Å². The molecule has 23 heavy (non-hydrogen) atoms. The SMILES string of the molecule is CC1(C)CCCC2(C)C(CCC3=CC(=O)OC3)C(C=O)=CCC12. The quantitative estimate of drug-likeness (QED) is 0.576. The zero-order valence-corrected chi connectivity index (χ0v) is 14.6. The molecule has 1 heterocycles. The second kappa shape index (κ2) is 5.92. The van der Waals surface area contributed by atoms with Crippen LogP contribution in [0.15, 0.2) is 23.3 Å². The van der Waals surface area contributed by atoms with Crippen LogP contribution < -0.4 is 0 Å². The molecule has 3 rings (SSSR count). The van der Waals surface area contributed by atoms with E-state index >= 15 is 0 Å². The average molecular weight is 316 g/mol. The third kappa shape index (κ3) is 2.90. The Kier molecular flexibility index (Phi) is 4.24. The Morgan fingerprint density at radius 3 is 2.74 bits per heavy atom. The zero-order valence-electron chi connectivity index (χ0n) is 14.6. The molecule has 3 unspecified atom stereocenters. The number of carbonyl (C=O) groups is 2. The van der Waals surface area contributed by atoms with Gasteiger partial charge in [-0.3, -0.25) is 4.79 Å². The molecular formula is C20H28O3. The monoisotopic (exact) mass is 316 g/mol. The Morgan fingerprint density at radius 1 is 1.30 bits per heavy atom. The molecule has 0 aromatic carbocycles. The van der Waals surface area contributed by atoms with E-state index < -0.39 is 0 Å². The van der Waals surface area contributed by atoms with Gasteiger partial charge in [-0.25, -0.2) is 4.79 Å². The van der Waals surface area contributed by atoms with Crippen LogP contribution in [-0.4, -0.2) is 18.9 Å². The van der Waals surface area contributed by atoms with Gasteiger partial charge in [0, 0.05) is 6.08 Å². The first kappa shape index (κ1) is 16.5. The fraction of sp³-hybridized carbons (Fsp3) is 0.700. The molecule has 0 saturated heterocycles. The highest BCUT2D eigenvalue weighted by Gasteiger charge is 2.52. The molecule has 1 fully saturated rings. The molecule has 1 aliphatic heterocycles. The van der Waals surface area contributed by atoms with Crippen molar-refractivity contribution in [2.75, 3.05) is 6.61 Å². The summed E-state index contributed by atoms with van der Waals surface area (Å²) in [5.74, 6) is 0.709. The molecule has 126 valence electrons. The van der Waals surface area contributed by atoms with E-state index in [1.807, 2.05) is 0 Å². The van der Waals surface area contributed by atoms with Gasteiger partial charge < -0.3 is 4.74 Å². The molecule has 0 N–H and O–H groups in total. The number of carbonyl (C=O) groups excluding carboxylic acids is 2. The second-order valence-corrected chi connectivity index (χ2v) is 8.46. The maximum atomic E-state index is 11.6. The van der Waals surface area contributed by atoms with Crippen LogP contribution in [0.4, 0.5) is 0 Å².